The average Bonchev–Trinajstić information content (AvgIpc) is 3.08. The van der Waals surface area contributed by atoms with Crippen LogP contribution in [0, 0.1) is 0 Å². The molecule has 1 amide bonds. The van der Waals surface area contributed by atoms with E-state index in [9.17, 15) is 4.79 Å². The number of carbonyl (C=O) groups is 1. The average molecular weight is 398 g/mol. The molecular formula is C20H22N4O3S. The number of benzene rings is 2. The summed E-state index contributed by atoms with van der Waals surface area (Å²) in [6.07, 6.45) is 0. The number of hydrogen-bond donors (Lipinski definition) is 1. The van der Waals surface area contributed by atoms with Crippen LogP contribution in [0.3, 0.4) is 0 Å². The van der Waals surface area contributed by atoms with Crippen molar-refractivity contribution in [3.63, 3.8) is 0 Å². The Balaban J connectivity index is 1.71. The van der Waals surface area contributed by atoms with E-state index in [1.807, 2.05) is 54.9 Å². The van der Waals surface area contributed by atoms with Crippen molar-refractivity contribution in [2.75, 3.05) is 19.5 Å². The molecule has 1 atom stereocenters. The third-order valence-electron chi connectivity index (χ3n) is 4.20. The number of nitrogens with one attached hydrogen (secondary N) is 1. The number of rotatable bonds is 7. The molecule has 2 aromatic carbocycles. The number of hydrogen-bond acceptors (Lipinski definition) is 6. The topological polar surface area (TPSA) is 78.3 Å². The van der Waals surface area contributed by atoms with Gasteiger partial charge in [0.15, 0.2) is 11.0 Å². The number of ether oxygens (including phenoxy) is 2. The Morgan fingerprint density at radius 2 is 1.79 bits per heavy atom. The summed E-state index contributed by atoms with van der Waals surface area (Å²) in [4.78, 5) is 12.6. The normalized spacial score (nSPS) is 11.7. The fraction of sp³-hybridized carbons (Fsp3) is 0.250. The van der Waals surface area contributed by atoms with E-state index in [0.717, 1.165) is 17.1 Å². The zero-order valence-corrected chi connectivity index (χ0v) is 17.0. The van der Waals surface area contributed by atoms with Gasteiger partial charge in [0, 0.05) is 12.6 Å². The largest absolute Gasteiger partial charge is 0.497 e. The Hall–Kier alpha value is -3.00. The standard InChI is InChI=1S/C20H22N4O3S/c1-13(19(25)21-16-7-5-6-8-17(16)27-4)28-20-23-22-18(24(20)2)14-9-11-15(26-3)12-10-14/h5-13H,1-4H3,(H,21,25). The number of anilines is 1. The maximum absolute atomic E-state index is 12.6. The van der Waals surface area contributed by atoms with E-state index >= 15 is 0 Å². The maximum Gasteiger partial charge on any atom is 0.237 e. The van der Waals surface area contributed by atoms with E-state index < -0.39 is 0 Å². The van der Waals surface area contributed by atoms with Crippen molar-refractivity contribution >= 4 is 23.4 Å². The zero-order valence-electron chi connectivity index (χ0n) is 16.2. The molecule has 0 aliphatic carbocycles. The highest BCUT2D eigenvalue weighted by Gasteiger charge is 2.20. The summed E-state index contributed by atoms with van der Waals surface area (Å²) in [5.74, 6) is 1.99. The second kappa shape index (κ2) is 8.79. The molecule has 0 spiro atoms. The second-order valence-electron chi connectivity index (χ2n) is 6.04. The molecule has 146 valence electrons. The molecule has 0 fully saturated rings. The Morgan fingerprint density at radius 1 is 1.07 bits per heavy atom. The monoisotopic (exact) mass is 398 g/mol. The first-order valence-corrected chi connectivity index (χ1v) is 9.55. The van der Waals surface area contributed by atoms with Crippen LogP contribution in [-0.2, 0) is 11.8 Å². The predicted molar refractivity (Wildman–Crippen MR) is 110 cm³/mol. The zero-order chi connectivity index (χ0) is 20.1. The molecule has 0 bridgehead atoms. The van der Waals surface area contributed by atoms with Crippen LogP contribution < -0.4 is 14.8 Å². The predicted octanol–water partition coefficient (Wildman–Crippen LogP) is 3.62. The summed E-state index contributed by atoms with van der Waals surface area (Å²) in [6, 6.07) is 14.9. The molecule has 1 heterocycles. The van der Waals surface area contributed by atoms with Crippen LogP contribution in [0.5, 0.6) is 11.5 Å². The van der Waals surface area contributed by atoms with E-state index in [1.54, 1.807) is 26.4 Å². The molecule has 1 unspecified atom stereocenters. The number of carbonyl (C=O) groups excluding carboxylic acids is 1. The third-order valence-corrected chi connectivity index (χ3v) is 5.33. The molecule has 3 rings (SSSR count). The van der Waals surface area contributed by atoms with Crippen molar-refractivity contribution in [1.29, 1.82) is 0 Å². The number of para-hydroxylation sites is 2. The smallest absolute Gasteiger partial charge is 0.237 e. The van der Waals surface area contributed by atoms with Crippen molar-refractivity contribution in [3.05, 3.63) is 48.5 Å². The van der Waals surface area contributed by atoms with Crippen LogP contribution in [0.25, 0.3) is 11.4 Å². The van der Waals surface area contributed by atoms with Gasteiger partial charge in [-0.2, -0.15) is 0 Å². The first kappa shape index (κ1) is 19.8. The molecule has 0 aliphatic rings. The molecule has 7 nitrogen and oxygen atoms in total. The third kappa shape index (κ3) is 4.28. The molecule has 8 heteroatoms. The maximum atomic E-state index is 12.6. The first-order chi connectivity index (χ1) is 13.5. The molecule has 3 aromatic rings. The first-order valence-electron chi connectivity index (χ1n) is 8.68. The van der Waals surface area contributed by atoms with Crippen LogP contribution in [0.4, 0.5) is 5.69 Å². The van der Waals surface area contributed by atoms with Gasteiger partial charge in [0.1, 0.15) is 11.5 Å². The van der Waals surface area contributed by atoms with E-state index in [4.69, 9.17) is 9.47 Å². The highest BCUT2D eigenvalue weighted by atomic mass is 32.2. The van der Waals surface area contributed by atoms with Crippen molar-refractivity contribution in [2.24, 2.45) is 7.05 Å². The van der Waals surface area contributed by atoms with Crippen molar-refractivity contribution in [2.45, 2.75) is 17.3 Å². The van der Waals surface area contributed by atoms with Crippen molar-refractivity contribution in [1.82, 2.24) is 14.8 Å². The fourth-order valence-corrected chi connectivity index (χ4v) is 3.42. The van der Waals surface area contributed by atoms with E-state index in [2.05, 4.69) is 15.5 Å². The molecule has 0 aliphatic heterocycles. The number of amides is 1. The lowest BCUT2D eigenvalue weighted by Crippen LogP contribution is -2.23. The van der Waals surface area contributed by atoms with Gasteiger partial charge >= 0.3 is 0 Å². The lowest BCUT2D eigenvalue weighted by atomic mass is 10.2. The molecule has 1 N–H and O–H groups in total. The summed E-state index contributed by atoms with van der Waals surface area (Å²) in [7, 11) is 5.08. The number of aromatic nitrogens is 3. The van der Waals surface area contributed by atoms with Crippen LogP contribution in [0.1, 0.15) is 6.92 Å². The summed E-state index contributed by atoms with van der Waals surface area (Å²) in [5, 5.41) is 11.7. The molecule has 0 saturated carbocycles. The van der Waals surface area contributed by atoms with Crippen molar-refractivity contribution < 1.29 is 14.3 Å². The number of thioether (sulfide) groups is 1. The Bertz CT molecular complexity index is 956. The van der Waals surface area contributed by atoms with Crippen molar-refractivity contribution in [3.8, 4) is 22.9 Å². The highest BCUT2D eigenvalue weighted by Crippen LogP contribution is 2.28. The molecular weight excluding hydrogens is 376 g/mol. The minimum atomic E-state index is -0.364. The Labute approximate surface area is 168 Å². The molecule has 28 heavy (non-hydrogen) atoms. The Morgan fingerprint density at radius 3 is 2.46 bits per heavy atom. The van der Waals surface area contributed by atoms with Gasteiger partial charge < -0.3 is 19.4 Å². The Kier molecular flexibility index (Phi) is 6.20. The van der Waals surface area contributed by atoms with E-state index in [0.29, 0.717) is 16.6 Å². The van der Waals surface area contributed by atoms with Gasteiger partial charge in [-0.25, -0.2) is 0 Å². The molecule has 0 saturated heterocycles. The minimum Gasteiger partial charge on any atom is -0.497 e. The van der Waals surface area contributed by atoms with E-state index in [-0.39, 0.29) is 11.2 Å². The van der Waals surface area contributed by atoms with Crippen LogP contribution in [0.15, 0.2) is 53.7 Å². The van der Waals surface area contributed by atoms with Gasteiger partial charge in [-0.05, 0) is 43.3 Å². The SMILES string of the molecule is COc1ccc(-c2nnc(SC(C)C(=O)Nc3ccccc3OC)n2C)cc1. The lowest BCUT2D eigenvalue weighted by molar-refractivity contribution is -0.115. The van der Waals surface area contributed by atoms with Gasteiger partial charge in [0.2, 0.25) is 5.91 Å². The van der Waals surface area contributed by atoms with Gasteiger partial charge in [-0.15, -0.1) is 10.2 Å². The summed E-state index contributed by atoms with van der Waals surface area (Å²) < 4.78 is 12.3. The minimum absolute atomic E-state index is 0.136. The van der Waals surface area contributed by atoms with Gasteiger partial charge in [-0.3, -0.25) is 4.79 Å². The van der Waals surface area contributed by atoms with Gasteiger partial charge in [0.05, 0.1) is 25.2 Å². The van der Waals surface area contributed by atoms with Crippen LogP contribution in [-0.4, -0.2) is 40.1 Å². The number of nitrogens with zero attached hydrogens (tertiary/aromatic N) is 3. The summed E-state index contributed by atoms with van der Waals surface area (Å²) >= 11 is 1.35. The number of methoxy groups -OCH3 is 2. The lowest BCUT2D eigenvalue weighted by Gasteiger charge is -2.13. The quantitative estimate of drug-likeness (QED) is 0.613. The fourth-order valence-electron chi connectivity index (χ4n) is 2.60. The molecule has 1 aromatic heterocycles. The van der Waals surface area contributed by atoms with Gasteiger partial charge in [-0.1, -0.05) is 23.9 Å². The molecule has 0 radical (unpaired) electrons. The summed E-state index contributed by atoms with van der Waals surface area (Å²) in [6.45, 7) is 1.83. The van der Waals surface area contributed by atoms with Gasteiger partial charge in [0.25, 0.3) is 0 Å². The highest BCUT2D eigenvalue weighted by molar-refractivity contribution is 8.00. The summed E-state index contributed by atoms with van der Waals surface area (Å²) in [5.41, 5.74) is 1.56. The van der Waals surface area contributed by atoms with Crippen LogP contribution in [0.2, 0.25) is 0 Å². The van der Waals surface area contributed by atoms with Crippen LogP contribution >= 0.6 is 11.8 Å². The van der Waals surface area contributed by atoms with E-state index in [1.165, 1.54) is 11.8 Å². The second-order valence-corrected chi connectivity index (χ2v) is 7.35.